The molecular weight excluding hydrogens is 352 g/mol. The number of nitro benzene ring substituents is 1. The minimum atomic E-state index is -0.558. The minimum Gasteiger partial charge on any atom is -0.484 e. The third-order valence-electron chi connectivity index (χ3n) is 3.92. The van der Waals surface area contributed by atoms with E-state index in [1.807, 2.05) is 0 Å². The first-order valence-electron chi connectivity index (χ1n) is 8.06. The first-order valence-corrected chi connectivity index (χ1v) is 8.06. The minimum absolute atomic E-state index is 0.0966. The summed E-state index contributed by atoms with van der Waals surface area (Å²) in [6.45, 7) is 3.16. The number of nitro groups is 1. The first-order chi connectivity index (χ1) is 12.8. The highest BCUT2D eigenvalue weighted by molar-refractivity contribution is 5.94. The molecule has 0 aliphatic heterocycles. The quantitative estimate of drug-likeness (QED) is 0.420. The van der Waals surface area contributed by atoms with Crippen molar-refractivity contribution in [3.8, 4) is 5.75 Å². The van der Waals surface area contributed by atoms with Gasteiger partial charge in [-0.1, -0.05) is 6.07 Å². The summed E-state index contributed by atoms with van der Waals surface area (Å²) in [5.74, 6) is -0.211. The van der Waals surface area contributed by atoms with Crippen LogP contribution in [0, 0.1) is 24.0 Å². The maximum absolute atomic E-state index is 12.1. The highest BCUT2D eigenvalue weighted by atomic mass is 16.6. The lowest BCUT2D eigenvalue weighted by Gasteiger charge is -2.09. The van der Waals surface area contributed by atoms with E-state index in [2.05, 4.69) is 5.32 Å². The number of benzene rings is 2. The van der Waals surface area contributed by atoms with Gasteiger partial charge in [-0.05, 0) is 43.2 Å². The van der Waals surface area contributed by atoms with Crippen LogP contribution >= 0.6 is 0 Å². The maximum Gasteiger partial charge on any atom is 0.336 e. The highest BCUT2D eigenvalue weighted by Crippen LogP contribution is 2.25. The van der Waals surface area contributed by atoms with Crippen LogP contribution in [0.2, 0.25) is 0 Å². The molecular formula is C19H16N2O6. The maximum atomic E-state index is 12.1. The Morgan fingerprint density at radius 3 is 2.70 bits per heavy atom. The predicted molar refractivity (Wildman–Crippen MR) is 99.2 cm³/mol. The lowest BCUT2D eigenvalue weighted by molar-refractivity contribution is -0.384. The van der Waals surface area contributed by atoms with E-state index >= 15 is 0 Å². The number of carbonyl (C=O) groups excluding carboxylic acids is 1. The number of rotatable bonds is 5. The van der Waals surface area contributed by atoms with E-state index in [1.54, 1.807) is 32.0 Å². The van der Waals surface area contributed by atoms with Gasteiger partial charge in [-0.15, -0.1) is 0 Å². The van der Waals surface area contributed by atoms with Gasteiger partial charge < -0.3 is 14.5 Å². The monoisotopic (exact) mass is 368 g/mol. The molecule has 1 N–H and O–H groups in total. The Labute approximate surface area is 153 Å². The zero-order valence-electron chi connectivity index (χ0n) is 14.6. The van der Waals surface area contributed by atoms with Gasteiger partial charge in [-0.3, -0.25) is 14.9 Å². The van der Waals surface area contributed by atoms with Crippen LogP contribution in [0.15, 0.2) is 51.7 Å². The van der Waals surface area contributed by atoms with Gasteiger partial charge in [0.05, 0.1) is 4.92 Å². The third-order valence-corrected chi connectivity index (χ3v) is 3.92. The molecule has 1 heterocycles. The van der Waals surface area contributed by atoms with Crippen LogP contribution in [-0.2, 0) is 4.79 Å². The zero-order valence-corrected chi connectivity index (χ0v) is 14.6. The van der Waals surface area contributed by atoms with Crippen molar-refractivity contribution in [3.05, 3.63) is 74.1 Å². The third kappa shape index (κ3) is 4.12. The molecule has 3 rings (SSSR count). The first kappa shape index (κ1) is 18.1. The van der Waals surface area contributed by atoms with Crippen molar-refractivity contribution in [2.75, 3.05) is 11.9 Å². The number of carbonyl (C=O) groups is 1. The Kier molecular flexibility index (Phi) is 4.89. The van der Waals surface area contributed by atoms with Crippen molar-refractivity contribution >= 4 is 28.3 Å². The Morgan fingerprint density at radius 1 is 1.19 bits per heavy atom. The van der Waals surface area contributed by atoms with Crippen LogP contribution in [0.1, 0.15) is 11.1 Å². The number of ether oxygens (including phenoxy) is 1. The number of hydrogen-bond donors (Lipinski definition) is 1. The lowest BCUT2D eigenvalue weighted by atomic mass is 10.1. The fourth-order valence-corrected chi connectivity index (χ4v) is 2.63. The second-order valence-electron chi connectivity index (χ2n) is 6.02. The van der Waals surface area contributed by atoms with E-state index in [1.165, 1.54) is 24.3 Å². The molecule has 3 aromatic rings. The molecule has 0 saturated heterocycles. The summed E-state index contributed by atoms with van der Waals surface area (Å²) in [5.41, 5.74) is 1.28. The Morgan fingerprint density at radius 2 is 1.96 bits per heavy atom. The van der Waals surface area contributed by atoms with Crippen molar-refractivity contribution in [2.24, 2.45) is 0 Å². The van der Waals surface area contributed by atoms with Gasteiger partial charge >= 0.3 is 5.63 Å². The average Bonchev–Trinajstić information content (AvgIpc) is 2.60. The van der Waals surface area contributed by atoms with Crippen molar-refractivity contribution < 1.29 is 18.9 Å². The van der Waals surface area contributed by atoms with Gasteiger partial charge in [0.15, 0.2) is 6.61 Å². The largest absolute Gasteiger partial charge is 0.484 e. The standard InChI is InChI=1S/C19H16N2O6/c1-11-3-6-15(16(7-11)21(24)25)20-18(22)10-26-13-4-5-14-12(2)8-19(23)27-17(14)9-13/h3-9H,10H2,1-2H3,(H,20,22). The van der Waals surface area contributed by atoms with Gasteiger partial charge in [0.1, 0.15) is 17.0 Å². The molecule has 1 amide bonds. The molecule has 2 aromatic carbocycles. The summed E-state index contributed by atoms with van der Waals surface area (Å²) in [6, 6.07) is 10.8. The van der Waals surface area contributed by atoms with Gasteiger partial charge in [0, 0.05) is 23.6 Å². The Bertz CT molecular complexity index is 1100. The van der Waals surface area contributed by atoms with Crippen LogP contribution in [0.4, 0.5) is 11.4 Å². The van der Waals surface area contributed by atoms with E-state index < -0.39 is 16.5 Å². The van der Waals surface area contributed by atoms with Gasteiger partial charge in [-0.25, -0.2) is 4.79 Å². The van der Waals surface area contributed by atoms with Crippen LogP contribution < -0.4 is 15.7 Å². The van der Waals surface area contributed by atoms with Crippen LogP contribution in [-0.4, -0.2) is 17.4 Å². The number of aryl methyl sites for hydroxylation is 2. The molecule has 0 bridgehead atoms. The molecule has 0 aliphatic rings. The second-order valence-corrected chi connectivity index (χ2v) is 6.02. The van der Waals surface area contributed by atoms with E-state index in [-0.39, 0.29) is 18.0 Å². The van der Waals surface area contributed by atoms with Crippen LogP contribution in [0.25, 0.3) is 11.0 Å². The van der Waals surface area contributed by atoms with Crippen LogP contribution in [0.3, 0.4) is 0 Å². The highest BCUT2D eigenvalue weighted by Gasteiger charge is 2.16. The number of fused-ring (bicyclic) bond motifs is 1. The summed E-state index contributed by atoms with van der Waals surface area (Å²) in [6.07, 6.45) is 0. The molecule has 0 saturated carbocycles. The van der Waals surface area contributed by atoms with Crippen molar-refractivity contribution in [3.63, 3.8) is 0 Å². The summed E-state index contributed by atoms with van der Waals surface area (Å²) >= 11 is 0. The van der Waals surface area contributed by atoms with E-state index in [9.17, 15) is 19.7 Å². The topological polar surface area (TPSA) is 112 Å². The summed E-state index contributed by atoms with van der Waals surface area (Å²) in [4.78, 5) is 34.1. The molecule has 0 unspecified atom stereocenters. The zero-order chi connectivity index (χ0) is 19.6. The number of anilines is 1. The number of amides is 1. The predicted octanol–water partition coefficient (Wildman–Crippen LogP) is 3.34. The van der Waals surface area contributed by atoms with Crippen molar-refractivity contribution in [1.29, 1.82) is 0 Å². The van der Waals surface area contributed by atoms with E-state index in [0.29, 0.717) is 16.9 Å². The summed E-state index contributed by atoms with van der Waals surface area (Å²) in [5, 5.41) is 14.3. The molecule has 27 heavy (non-hydrogen) atoms. The number of nitrogens with zero attached hydrogens (tertiary/aromatic N) is 1. The van der Waals surface area contributed by atoms with Crippen molar-refractivity contribution in [1.82, 2.24) is 0 Å². The molecule has 0 aliphatic carbocycles. The molecule has 0 atom stereocenters. The normalized spacial score (nSPS) is 10.6. The van der Waals surface area contributed by atoms with E-state index in [4.69, 9.17) is 9.15 Å². The fourth-order valence-electron chi connectivity index (χ4n) is 2.63. The summed E-state index contributed by atoms with van der Waals surface area (Å²) in [7, 11) is 0. The lowest BCUT2D eigenvalue weighted by Crippen LogP contribution is -2.20. The van der Waals surface area contributed by atoms with Crippen molar-refractivity contribution in [2.45, 2.75) is 13.8 Å². The van der Waals surface area contributed by atoms with Gasteiger partial charge in [0.2, 0.25) is 0 Å². The second kappa shape index (κ2) is 7.28. The molecule has 0 fully saturated rings. The number of nitrogens with one attached hydrogen (secondary N) is 1. The van der Waals surface area contributed by atoms with Gasteiger partial charge in [0.25, 0.3) is 11.6 Å². The van der Waals surface area contributed by atoms with Crippen LogP contribution in [0.5, 0.6) is 5.75 Å². The molecule has 8 heteroatoms. The molecule has 0 radical (unpaired) electrons. The average molecular weight is 368 g/mol. The molecule has 1 aromatic heterocycles. The fraction of sp³-hybridized carbons (Fsp3) is 0.158. The Hall–Kier alpha value is -3.68. The number of hydrogen-bond acceptors (Lipinski definition) is 6. The molecule has 138 valence electrons. The smallest absolute Gasteiger partial charge is 0.336 e. The van der Waals surface area contributed by atoms with E-state index in [0.717, 1.165) is 10.9 Å². The molecule has 8 nitrogen and oxygen atoms in total. The summed E-state index contributed by atoms with van der Waals surface area (Å²) < 4.78 is 10.5. The SMILES string of the molecule is Cc1ccc(NC(=O)COc2ccc3c(C)cc(=O)oc3c2)c([N+](=O)[O-])c1. The Balaban J connectivity index is 1.72. The van der Waals surface area contributed by atoms with Gasteiger partial charge in [-0.2, -0.15) is 0 Å². The molecule has 0 spiro atoms.